The first-order valence-electron chi connectivity index (χ1n) is 6.43. The van der Waals surface area contributed by atoms with Crippen LogP contribution in [0, 0.1) is 0 Å². The van der Waals surface area contributed by atoms with E-state index in [1.807, 2.05) is 0 Å². The third-order valence-electron chi connectivity index (χ3n) is 3.65. The summed E-state index contributed by atoms with van der Waals surface area (Å²) < 4.78 is 0. The van der Waals surface area contributed by atoms with E-state index in [0.29, 0.717) is 12.6 Å². The molecule has 0 saturated heterocycles. The molecule has 0 fully saturated rings. The van der Waals surface area contributed by atoms with E-state index in [1.54, 1.807) is 0 Å². The molecule has 90 valence electrons. The molecule has 0 spiro atoms. The fraction of sp³-hybridized carbons (Fsp3) is 0.429. The van der Waals surface area contributed by atoms with Crippen LogP contribution in [0.4, 0.5) is 0 Å². The fourth-order valence-electron chi connectivity index (χ4n) is 2.88. The van der Waals surface area contributed by atoms with Crippen LogP contribution in [0.2, 0.25) is 0 Å². The zero-order valence-electron chi connectivity index (χ0n) is 10.00. The minimum atomic E-state index is 0.453. The van der Waals surface area contributed by atoms with Crippen molar-refractivity contribution >= 4 is 10.9 Å². The average molecular weight is 229 g/mol. The summed E-state index contributed by atoms with van der Waals surface area (Å²) >= 11 is 0. The second-order valence-electron chi connectivity index (χ2n) is 4.75. The number of hydrogen-bond acceptors (Lipinski definition) is 2. The maximum Gasteiger partial charge on any atom is 0.0476 e. The summed E-state index contributed by atoms with van der Waals surface area (Å²) in [4.78, 5) is 3.57. The standard InChI is InChI=1S/C14H19N3/c15-8-9-16-13-7-3-5-11-10-4-1-2-6-12(10)17-14(11)13/h1-2,4,6,13,16-17H,3,5,7-9,15H2/t13-/m1/s1. The van der Waals surface area contributed by atoms with E-state index in [0.717, 1.165) is 6.54 Å². The van der Waals surface area contributed by atoms with Crippen LogP contribution < -0.4 is 11.1 Å². The Labute approximate surface area is 101 Å². The Morgan fingerprint density at radius 2 is 2.24 bits per heavy atom. The van der Waals surface area contributed by atoms with Crippen molar-refractivity contribution in [1.82, 2.24) is 10.3 Å². The van der Waals surface area contributed by atoms with Crippen molar-refractivity contribution in [3.05, 3.63) is 35.5 Å². The highest BCUT2D eigenvalue weighted by Crippen LogP contribution is 2.34. The van der Waals surface area contributed by atoms with Crippen molar-refractivity contribution in [1.29, 1.82) is 0 Å². The first kappa shape index (κ1) is 10.8. The molecule has 3 heteroatoms. The van der Waals surface area contributed by atoms with E-state index in [4.69, 9.17) is 5.73 Å². The smallest absolute Gasteiger partial charge is 0.0476 e. The van der Waals surface area contributed by atoms with Gasteiger partial charge in [-0.1, -0.05) is 18.2 Å². The summed E-state index contributed by atoms with van der Waals surface area (Å²) in [6, 6.07) is 9.04. The van der Waals surface area contributed by atoms with Gasteiger partial charge in [-0.2, -0.15) is 0 Å². The highest BCUT2D eigenvalue weighted by atomic mass is 15.0. The molecule has 17 heavy (non-hydrogen) atoms. The van der Waals surface area contributed by atoms with Crippen LogP contribution in [-0.4, -0.2) is 18.1 Å². The van der Waals surface area contributed by atoms with Crippen LogP contribution in [-0.2, 0) is 6.42 Å². The minimum Gasteiger partial charge on any atom is -0.357 e. The lowest BCUT2D eigenvalue weighted by molar-refractivity contribution is 0.459. The number of fused-ring (bicyclic) bond motifs is 3. The number of nitrogens with two attached hydrogens (primary N) is 1. The molecule has 1 heterocycles. The predicted molar refractivity (Wildman–Crippen MR) is 71.0 cm³/mol. The highest BCUT2D eigenvalue weighted by Gasteiger charge is 2.23. The quantitative estimate of drug-likeness (QED) is 0.755. The maximum atomic E-state index is 5.57. The van der Waals surface area contributed by atoms with Crippen molar-refractivity contribution in [2.45, 2.75) is 25.3 Å². The van der Waals surface area contributed by atoms with Gasteiger partial charge in [0.25, 0.3) is 0 Å². The lowest BCUT2D eigenvalue weighted by Crippen LogP contribution is -2.29. The van der Waals surface area contributed by atoms with Crippen molar-refractivity contribution in [3.63, 3.8) is 0 Å². The summed E-state index contributed by atoms with van der Waals surface area (Å²) in [5.41, 5.74) is 9.71. The predicted octanol–water partition coefficient (Wildman–Crippen LogP) is 2.09. The molecule has 1 aliphatic carbocycles. The van der Waals surface area contributed by atoms with Crippen molar-refractivity contribution in [2.75, 3.05) is 13.1 Å². The minimum absolute atomic E-state index is 0.453. The largest absolute Gasteiger partial charge is 0.357 e. The molecule has 1 atom stereocenters. The van der Waals surface area contributed by atoms with Gasteiger partial charge in [0.05, 0.1) is 0 Å². The number of para-hydroxylation sites is 1. The summed E-state index contributed by atoms with van der Waals surface area (Å²) in [7, 11) is 0. The van der Waals surface area contributed by atoms with Gasteiger partial charge in [0, 0.05) is 35.7 Å². The first-order valence-corrected chi connectivity index (χ1v) is 6.43. The van der Waals surface area contributed by atoms with Crippen molar-refractivity contribution < 1.29 is 0 Å². The second kappa shape index (κ2) is 4.51. The molecule has 0 aliphatic heterocycles. The van der Waals surface area contributed by atoms with Gasteiger partial charge < -0.3 is 16.0 Å². The number of H-pyrrole nitrogens is 1. The van der Waals surface area contributed by atoms with Crippen LogP contribution in [0.25, 0.3) is 10.9 Å². The molecule has 0 bridgehead atoms. The molecule has 3 nitrogen and oxygen atoms in total. The summed E-state index contributed by atoms with van der Waals surface area (Å²) in [6.45, 7) is 1.59. The molecular weight excluding hydrogens is 210 g/mol. The van der Waals surface area contributed by atoms with Gasteiger partial charge in [-0.15, -0.1) is 0 Å². The van der Waals surface area contributed by atoms with Gasteiger partial charge in [0.15, 0.2) is 0 Å². The SMILES string of the molecule is NCCN[C@@H]1CCCc2c1[nH]c1ccccc21. The molecule has 1 aliphatic rings. The first-order chi connectivity index (χ1) is 8.40. The fourth-order valence-corrected chi connectivity index (χ4v) is 2.88. The van der Waals surface area contributed by atoms with E-state index in [9.17, 15) is 0 Å². The van der Waals surface area contributed by atoms with Gasteiger partial charge in [0.1, 0.15) is 0 Å². The molecule has 3 rings (SSSR count). The molecule has 1 aromatic carbocycles. The van der Waals surface area contributed by atoms with E-state index < -0.39 is 0 Å². The number of rotatable bonds is 3. The average Bonchev–Trinajstić information content (AvgIpc) is 2.75. The van der Waals surface area contributed by atoms with Gasteiger partial charge in [-0.05, 0) is 30.9 Å². The Morgan fingerprint density at radius 3 is 3.12 bits per heavy atom. The van der Waals surface area contributed by atoms with Crippen LogP contribution >= 0.6 is 0 Å². The number of aromatic amines is 1. The lowest BCUT2D eigenvalue weighted by Gasteiger charge is -2.23. The Hall–Kier alpha value is -1.32. The molecule has 4 N–H and O–H groups in total. The molecule has 0 radical (unpaired) electrons. The normalized spacial score (nSPS) is 19.5. The van der Waals surface area contributed by atoms with Crippen LogP contribution in [0.3, 0.4) is 0 Å². The number of hydrogen-bond donors (Lipinski definition) is 3. The van der Waals surface area contributed by atoms with Gasteiger partial charge in [-0.25, -0.2) is 0 Å². The van der Waals surface area contributed by atoms with Gasteiger partial charge >= 0.3 is 0 Å². The zero-order valence-corrected chi connectivity index (χ0v) is 10.00. The molecule has 1 aromatic heterocycles. The van der Waals surface area contributed by atoms with Crippen LogP contribution in [0.15, 0.2) is 24.3 Å². The molecule has 0 amide bonds. The molecular formula is C14H19N3. The summed E-state index contributed by atoms with van der Waals surface area (Å²) in [5.74, 6) is 0. The van der Waals surface area contributed by atoms with Crippen LogP contribution in [0.1, 0.15) is 30.1 Å². The zero-order chi connectivity index (χ0) is 11.7. The lowest BCUT2D eigenvalue weighted by atomic mass is 9.92. The maximum absolute atomic E-state index is 5.57. The second-order valence-corrected chi connectivity index (χ2v) is 4.75. The van der Waals surface area contributed by atoms with E-state index in [-0.39, 0.29) is 0 Å². The van der Waals surface area contributed by atoms with Gasteiger partial charge in [-0.3, -0.25) is 0 Å². The third kappa shape index (κ3) is 1.85. The van der Waals surface area contributed by atoms with Crippen molar-refractivity contribution in [2.24, 2.45) is 5.73 Å². The summed E-state index contributed by atoms with van der Waals surface area (Å²) in [6.07, 6.45) is 3.66. The topological polar surface area (TPSA) is 53.8 Å². The molecule has 0 unspecified atom stereocenters. The number of aryl methyl sites for hydroxylation is 1. The summed E-state index contributed by atoms with van der Waals surface area (Å²) in [5, 5.41) is 4.92. The Morgan fingerprint density at radius 1 is 1.35 bits per heavy atom. The number of benzene rings is 1. The van der Waals surface area contributed by atoms with Crippen LogP contribution in [0.5, 0.6) is 0 Å². The van der Waals surface area contributed by atoms with Gasteiger partial charge in [0.2, 0.25) is 0 Å². The Bertz CT molecular complexity index is 515. The Kier molecular flexibility index (Phi) is 2.87. The Balaban J connectivity index is 2.02. The van der Waals surface area contributed by atoms with E-state index >= 15 is 0 Å². The third-order valence-corrected chi connectivity index (χ3v) is 3.65. The molecule has 0 saturated carbocycles. The monoisotopic (exact) mass is 229 g/mol. The number of aromatic nitrogens is 1. The highest BCUT2D eigenvalue weighted by molar-refractivity contribution is 5.85. The molecule has 2 aromatic rings. The number of nitrogens with one attached hydrogen (secondary N) is 2. The van der Waals surface area contributed by atoms with Crippen molar-refractivity contribution in [3.8, 4) is 0 Å². The van der Waals surface area contributed by atoms with E-state index in [1.165, 1.54) is 41.4 Å². The van der Waals surface area contributed by atoms with E-state index in [2.05, 4.69) is 34.6 Å².